The van der Waals surface area contributed by atoms with Gasteiger partial charge in [0.25, 0.3) is 0 Å². The highest BCUT2D eigenvalue weighted by atomic mass is 32.1. The highest BCUT2D eigenvalue weighted by molar-refractivity contribution is 7.11. The molecular formula is C13H11FN2O3S. The van der Waals surface area contributed by atoms with Gasteiger partial charge in [-0.25, -0.2) is 9.18 Å². The van der Waals surface area contributed by atoms with Gasteiger partial charge < -0.3 is 10.4 Å². The van der Waals surface area contributed by atoms with E-state index in [9.17, 15) is 14.0 Å². The Balaban J connectivity index is 2.11. The second-order valence-corrected chi connectivity index (χ2v) is 4.91. The van der Waals surface area contributed by atoms with Gasteiger partial charge in [0.2, 0.25) is 5.91 Å². The van der Waals surface area contributed by atoms with E-state index < -0.39 is 17.7 Å². The number of carbonyl (C=O) groups is 2. The summed E-state index contributed by atoms with van der Waals surface area (Å²) in [7, 11) is 0. The van der Waals surface area contributed by atoms with Crippen molar-refractivity contribution in [1.82, 2.24) is 4.37 Å². The first-order chi connectivity index (χ1) is 9.47. The number of halogens is 1. The summed E-state index contributed by atoms with van der Waals surface area (Å²) in [6.07, 6.45) is -0.0340. The van der Waals surface area contributed by atoms with Crippen molar-refractivity contribution in [2.75, 3.05) is 5.32 Å². The van der Waals surface area contributed by atoms with Crippen molar-refractivity contribution in [3.8, 4) is 0 Å². The first-order valence-corrected chi connectivity index (χ1v) is 6.48. The minimum absolute atomic E-state index is 0.0115. The fourth-order valence-electron chi connectivity index (χ4n) is 1.71. The van der Waals surface area contributed by atoms with Gasteiger partial charge in [-0.3, -0.25) is 4.79 Å². The second-order valence-electron chi connectivity index (χ2n) is 4.13. The SMILES string of the molecule is Cc1nsc(NC(=O)Cc2cccc(F)c2)c1C(=O)O. The summed E-state index contributed by atoms with van der Waals surface area (Å²) in [4.78, 5) is 22.9. The minimum atomic E-state index is -1.14. The number of anilines is 1. The summed E-state index contributed by atoms with van der Waals surface area (Å²) >= 11 is 0.910. The number of carbonyl (C=O) groups excluding carboxylic acids is 1. The van der Waals surface area contributed by atoms with E-state index >= 15 is 0 Å². The minimum Gasteiger partial charge on any atom is -0.478 e. The number of benzene rings is 1. The van der Waals surface area contributed by atoms with Crippen LogP contribution in [0.1, 0.15) is 21.6 Å². The van der Waals surface area contributed by atoms with Gasteiger partial charge in [0.05, 0.1) is 12.1 Å². The van der Waals surface area contributed by atoms with E-state index in [4.69, 9.17) is 5.11 Å². The molecule has 1 aromatic carbocycles. The molecule has 1 amide bonds. The second kappa shape index (κ2) is 5.79. The third-order valence-electron chi connectivity index (χ3n) is 2.58. The number of aromatic carboxylic acids is 1. The van der Waals surface area contributed by atoms with Crippen molar-refractivity contribution >= 4 is 28.4 Å². The Morgan fingerprint density at radius 1 is 1.45 bits per heavy atom. The van der Waals surface area contributed by atoms with Crippen LogP contribution in [0.3, 0.4) is 0 Å². The van der Waals surface area contributed by atoms with E-state index in [0.29, 0.717) is 11.3 Å². The molecule has 0 atom stereocenters. The number of nitrogens with zero attached hydrogens (tertiary/aromatic N) is 1. The molecule has 2 rings (SSSR count). The van der Waals surface area contributed by atoms with Crippen molar-refractivity contribution in [3.63, 3.8) is 0 Å². The third-order valence-corrected chi connectivity index (χ3v) is 3.44. The van der Waals surface area contributed by atoms with Gasteiger partial charge in [0.15, 0.2) is 0 Å². The smallest absolute Gasteiger partial charge is 0.340 e. The van der Waals surface area contributed by atoms with Crippen LogP contribution in [0.15, 0.2) is 24.3 Å². The lowest BCUT2D eigenvalue weighted by Gasteiger charge is -2.04. The van der Waals surface area contributed by atoms with Crippen LogP contribution >= 0.6 is 11.5 Å². The van der Waals surface area contributed by atoms with Crippen molar-refractivity contribution in [2.24, 2.45) is 0 Å². The largest absolute Gasteiger partial charge is 0.478 e. The zero-order valence-corrected chi connectivity index (χ0v) is 11.3. The zero-order valence-electron chi connectivity index (χ0n) is 10.5. The normalized spacial score (nSPS) is 10.3. The molecular weight excluding hydrogens is 283 g/mol. The third kappa shape index (κ3) is 3.18. The number of hydrogen-bond acceptors (Lipinski definition) is 4. The predicted molar refractivity (Wildman–Crippen MR) is 72.5 cm³/mol. The maximum atomic E-state index is 13.0. The fourth-order valence-corrected chi connectivity index (χ4v) is 2.52. The van der Waals surface area contributed by atoms with Gasteiger partial charge >= 0.3 is 5.97 Å². The van der Waals surface area contributed by atoms with Gasteiger partial charge in [-0.05, 0) is 36.2 Å². The average Bonchev–Trinajstić information content (AvgIpc) is 2.70. The highest BCUT2D eigenvalue weighted by Gasteiger charge is 2.19. The van der Waals surface area contributed by atoms with Crippen molar-refractivity contribution in [2.45, 2.75) is 13.3 Å². The molecule has 20 heavy (non-hydrogen) atoms. The summed E-state index contributed by atoms with van der Waals surface area (Å²) in [6, 6.07) is 5.68. The molecule has 0 aliphatic heterocycles. The van der Waals surface area contributed by atoms with Gasteiger partial charge in [-0.2, -0.15) is 4.37 Å². The van der Waals surface area contributed by atoms with Crippen LogP contribution in [0.2, 0.25) is 0 Å². The monoisotopic (exact) mass is 294 g/mol. The number of aryl methyl sites for hydroxylation is 1. The van der Waals surface area contributed by atoms with E-state index in [1.54, 1.807) is 13.0 Å². The summed E-state index contributed by atoms with van der Waals surface area (Å²) < 4.78 is 16.9. The molecule has 0 saturated carbocycles. The molecule has 7 heteroatoms. The summed E-state index contributed by atoms with van der Waals surface area (Å²) in [6.45, 7) is 1.56. The van der Waals surface area contributed by atoms with Crippen LogP contribution in [0.4, 0.5) is 9.39 Å². The Hall–Kier alpha value is -2.28. The maximum absolute atomic E-state index is 13.0. The van der Waals surface area contributed by atoms with E-state index in [2.05, 4.69) is 9.69 Å². The molecule has 0 aliphatic rings. The van der Waals surface area contributed by atoms with Gasteiger partial charge in [-0.1, -0.05) is 12.1 Å². The lowest BCUT2D eigenvalue weighted by molar-refractivity contribution is -0.115. The Bertz CT molecular complexity index is 669. The van der Waals surface area contributed by atoms with Crippen LogP contribution in [0.25, 0.3) is 0 Å². The molecule has 0 unspecified atom stereocenters. The number of carboxylic acids is 1. The molecule has 0 saturated heterocycles. The molecule has 0 bridgehead atoms. The quantitative estimate of drug-likeness (QED) is 0.908. The van der Waals surface area contributed by atoms with Crippen LogP contribution in [-0.4, -0.2) is 21.4 Å². The van der Waals surface area contributed by atoms with Crippen LogP contribution in [-0.2, 0) is 11.2 Å². The molecule has 5 nitrogen and oxygen atoms in total. The number of aromatic nitrogens is 1. The van der Waals surface area contributed by atoms with E-state index in [1.807, 2.05) is 0 Å². The van der Waals surface area contributed by atoms with E-state index in [0.717, 1.165) is 11.5 Å². The van der Waals surface area contributed by atoms with Gasteiger partial charge in [0.1, 0.15) is 16.4 Å². The molecule has 2 N–H and O–H groups in total. The van der Waals surface area contributed by atoms with Gasteiger partial charge in [-0.15, -0.1) is 0 Å². The zero-order chi connectivity index (χ0) is 14.7. The molecule has 1 aromatic heterocycles. The number of hydrogen-bond donors (Lipinski definition) is 2. The Labute approximate surface area is 118 Å². The molecule has 1 heterocycles. The maximum Gasteiger partial charge on any atom is 0.340 e. The van der Waals surface area contributed by atoms with E-state index in [-0.39, 0.29) is 17.0 Å². The summed E-state index contributed by atoms with van der Waals surface area (Å²) in [5, 5.41) is 11.7. The number of carboxylic acid groups (broad SMARTS) is 1. The Kier molecular flexibility index (Phi) is 4.09. The number of amides is 1. The van der Waals surface area contributed by atoms with Crippen LogP contribution in [0.5, 0.6) is 0 Å². The number of rotatable bonds is 4. The molecule has 0 fully saturated rings. The Morgan fingerprint density at radius 2 is 2.20 bits per heavy atom. The average molecular weight is 294 g/mol. The first-order valence-electron chi connectivity index (χ1n) is 5.71. The molecule has 104 valence electrons. The van der Waals surface area contributed by atoms with E-state index in [1.165, 1.54) is 18.2 Å². The molecule has 0 spiro atoms. The molecule has 2 aromatic rings. The lowest BCUT2D eigenvalue weighted by atomic mass is 10.1. The predicted octanol–water partition coefficient (Wildman–Crippen LogP) is 2.47. The first kappa shape index (κ1) is 14.1. The molecule has 0 aliphatic carbocycles. The topological polar surface area (TPSA) is 79.3 Å². The fraction of sp³-hybridized carbons (Fsp3) is 0.154. The van der Waals surface area contributed by atoms with Crippen molar-refractivity contribution in [3.05, 3.63) is 46.9 Å². The summed E-state index contributed by atoms with van der Waals surface area (Å²) in [5.41, 5.74) is 0.853. The van der Waals surface area contributed by atoms with Crippen LogP contribution < -0.4 is 5.32 Å². The lowest BCUT2D eigenvalue weighted by Crippen LogP contribution is -2.15. The van der Waals surface area contributed by atoms with Crippen molar-refractivity contribution in [1.29, 1.82) is 0 Å². The number of nitrogens with one attached hydrogen (secondary N) is 1. The standard InChI is InChI=1S/C13H11FN2O3S/c1-7-11(13(18)19)12(20-16-7)15-10(17)6-8-3-2-4-9(14)5-8/h2-5H,6H2,1H3,(H,15,17)(H,18,19). The van der Waals surface area contributed by atoms with Gasteiger partial charge in [0, 0.05) is 0 Å². The summed E-state index contributed by atoms with van der Waals surface area (Å²) in [5.74, 6) is -1.98. The molecule has 0 radical (unpaired) electrons. The highest BCUT2D eigenvalue weighted by Crippen LogP contribution is 2.24. The van der Waals surface area contributed by atoms with Crippen LogP contribution in [0, 0.1) is 12.7 Å². The Morgan fingerprint density at radius 3 is 2.85 bits per heavy atom. The van der Waals surface area contributed by atoms with Crippen molar-refractivity contribution < 1.29 is 19.1 Å².